The Morgan fingerprint density at radius 3 is 2.63 bits per heavy atom. The quantitative estimate of drug-likeness (QED) is 0.781. The van der Waals surface area contributed by atoms with Crippen LogP contribution in [-0.2, 0) is 10.0 Å². The molecule has 0 atom stereocenters. The fourth-order valence-electron chi connectivity index (χ4n) is 1.31. The molecule has 0 heterocycles. The molecule has 0 radical (unpaired) electrons. The molecule has 5 nitrogen and oxygen atoms in total. The van der Waals surface area contributed by atoms with Crippen molar-refractivity contribution in [3.63, 3.8) is 0 Å². The lowest BCUT2D eigenvalue weighted by atomic mass is 10.1. The van der Waals surface area contributed by atoms with E-state index in [1.807, 2.05) is 0 Å². The summed E-state index contributed by atoms with van der Waals surface area (Å²) >= 11 is 0. The second-order valence-electron chi connectivity index (χ2n) is 3.65. The van der Waals surface area contributed by atoms with E-state index in [4.69, 9.17) is 0 Å². The van der Waals surface area contributed by atoms with Gasteiger partial charge in [0.25, 0.3) is 5.91 Å². The third-order valence-electron chi connectivity index (χ3n) is 2.38. The Kier molecular flexibility index (Phi) is 5.55. The minimum Gasteiger partial charge on any atom is -0.355 e. The summed E-state index contributed by atoms with van der Waals surface area (Å²) in [6.07, 6.45) is 0. The number of hydrogen-bond acceptors (Lipinski definition) is 3. The lowest BCUT2D eigenvalue weighted by Crippen LogP contribution is -2.25. The summed E-state index contributed by atoms with van der Waals surface area (Å²) in [5.74, 6) is 5.27. The van der Waals surface area contributed by atoms with Crippen LogP contribution in [0.3, 0.4) is 0 Å². The van der Waals surface area contributed by atoms with E-state index < -0.39 is 10.0 Å². The molecule has 0 aliphatic rings. The van der Waals surface area contributed by atoms with Crippen LogP contribution in [0, 0.1) is 11.8 Å². The van der Waals surface area contributed by atoms with Crippen molar-refractivity contribution in [1.82, 2.24) is 10.0 Å². The first-order valence-electron chi connectivity index (χ1n) is 5.77. The highest BCUT2D eigenvalue weighted by Crippen LogP contribution is 2.06. The molecule has 0 aliphatic heterocycles. The molecule has 0 saturated heterocycles. The van der Waals surface area contributed by atoms with E-state index in [9.17, 15) is 13.2 Å². The molecule has 0 unspecified atom stereocenters. The highest BCUT2D eigenvalue weighted by atomic mass is 32.2. The third kappa shape index (κ3) is 4.73. The fraction of sp³-hybridized carbons (Fsp3) is 0.308. The SMILES string of the molecule is CCS(=O)(=O)NCC#Cc1ccccc1C(=O)NC. The molecule has 1 amide bonds. The van der Waals surface area contributed by atoms with E-state index in [1.54, 1.807) is 38.2 Å². The molecule has 0 spiro atoms. The van der Waals surface area contributed by atoms with Gasteiger partial charge in [0.15, 0.2) is 0 Å². The molecule has 0 aliphatic carbocycles. The van der Waals surface area contributed by atoms with Gasteiger partial charge in [0.1, 0.15) is 0 Å². The first-order chi connectivity index (χ1) is 9.00. The number of carbonyl (C=O) groups excluding carboxylic acids is 1. The van der Waals surface area contributed by atoms with E-state index in [0.29, 0.717) is 11.1 Å². The predicted molar refractivity (Wildman–Crippen MR) is 74.2 cm³/mol. The average molecular weight is 280 g/mol. The van der Waals surface area contributed by atoms with Crippen LogP contribution in [0.4, 0.5) is 0 Å². The van der Waals surface area contributed by atoms with Crippen molar-refractivity contribution in [2.24, 2.45) is 0 Å². The minimum atomic E-state index is -3.24. The summed E-state index contributed by atoms with van der Waals surface area (Å²) in [5, 5.41) is 2.53. The maximum atomic E-state index is 11.6. The first-order valence-corrected chi connectivity index (χ1v) is 7.42. The second-order valence-corrected chi connectivity index (χ2v) is 5.75. The van der Waals surface area contributed by atoms with Crippen molar-refractivity contribution < 1.29 is 13.2 Å². The van der Waals surface area contributed by atoms with Crippen LogP contribution in [0.15, 0.2) is 24.3 Å². The Hall–Kier alpha value is -1.84. The number of rotatable bonds is 4. The van der Waals surface area contributed by atoms with Crippen LogP contribution in [0.5, 0.6) is 0 Å². The van der Waals surface area contributed by atoms with Crippen molar-refractivity contribution in [2.75, 3.05) is 19.3 Å². The molecule has 0 fully saturated rings. The fourth-order valence-corrected chi connectivity index (χ4v) is 1.81. The van der Waals surface area contributed by atoms with Gasteiger partial charge in [-0.15, -0.1) is 0 Å². The van der Waals surface area contributed by atoms with Crippen molar-refractivity contribution >= 4 is 15.9 Å². The van der Waals surface area contributed by atoms with Gasteiger partial charge in [0, 0.05) is 12.6 Å². The lowest BCUT2D eigenvalue weighted by molar-refractivity contribution is 0.0963. The topological polar surface area (TPSA) is 75.3 Å². The summed E-state index contributed by atoms with van der Waals surface area (Å²) in [4.78, 5) is 11.6. The van der Waals surface area contributed by atoms with Crippen molar-refractivity contribution in [3.05, 3.63) is 35.4 Å². The molecular formula is C13H16N2O3S. The van der Waals surface area contributed by atoms with Crippen LogP contribution in [-0.4, -0.2) is 33.7 Å². The summed E-state index contributed by atoms with van der Waals surface area (Å²) < 4.78 is 24.7. The van der Waals surface area contributed by atoms with E-state index in [2.05, 4.69) is 21.9 Å². The Bertz CT molecular complexity index is 612. The molecule has 1 aromatic carbocycles. The molecule has 2 N–H and O–H groups in total. The Morgan fingerprint density at radius 1 is 1.32 bits per heavy atom. The van der Waals surface area contributed by atoms with Crippen LogP contribution >= 0.6 is 0 Å². The summed E-state index contributed by atoms with van der Waals surface area (Å²) in [6, 6.07) is 6.90. The molecule has 0 aromatic heterocycles. The van der Waals surface area contributed by atoms with Gasteiger partial charge < -0.3 is 5.32 Å². The lowest BCUT2D eigenvalue weighted by Gasteiger charge is -2.02. The number of nitrogens with one attached hydrogen (secondary N) is 2. The molecule has 102 valence electrons. The van der Waals surface area contributed by atoms with Gasteiger partial charge in [-0.05, 0) is 19.1 Å². The minimum absolute atomic E-state index is 0.0174. The van der Waals surface area contributed by atoms with Crippen molar-refractivity contribution in [2.45, 2.75) is 6.92 Å². The van der Waals surface area contributed by atoms with E-state index in [-0.39, 0.29) is 18.2 Å². The Balaban J connectivity index is 2.81. The average Bonchev–Trinajstić information content (AvgIpc) is 2.43. The Morgan fingerprint density at radius 2 is 2.00 bits per heavy atom. The van der Waals surface area contributed by atoms with Gasteiger partial charge in [0.2, 0.25) is 10.0 Å². The van der Waals surface area contributed by atoms with Gasteiger partial charge in [-0.25, -0.2) is 13.1 Å². The van der Waals surface area contributed by atoms with Crippen molar-refractivity contribution in [1.29, 1.82) is 0 Å². The zero-order valence-electron chi connectivity index (χ0n) is 10.9. The monoisotopic (exact) mass is 280 g/mol. The molecule has 1 rings (SSSR count). The van der Waals surface area contributed by atoms with Gasteiger partial charge in [-0.3, -0.25) is 4.79 Å². The van der Waals surface area contributed by atoms with Gasteiger partial charge in [-0.2, -0.15) is 0 Å². The zero-order chi connectivity index (χ0) is 14.3. The summed E-state index contributed by atoms with van der Waals surface area (Å²) in [7, 11) is -1.69. The van der Waals surface area contributed by atoms with Gasteiger partial charge in [-0.1, -0.05) is 24.0 Å². The molecular weight excluding hydrogens is 264 g/mol. The van der Waals surface area contributed by atoms with E-state index in [1.165, 1.54) is 0 Å². The molecule has 0 bridgehead atoms. The normalized spacial score (nSPS) is 10.4. The molecule has 6 heteroatoms. The van der Waals surface area contributed by atoms with E-state index >= 15 is 0 Å². The highest BCUT2D eigenvalue weighted by molar-refractivity contribution is 7.89. The van der Waals surface area contributed by atoms with Crippen LogP contribution in [0.25, 0.3) is 0 Å². The smallest absolute Gasteiger partial charge is 0.252 e. The van der Waals surface area contributed by atoms with Crippen LogP contribution in [0.2, 0.25) is 0 Å². The first kappa shape index (κ1) is 15.2. The number of hydrogen-bond donors (Lipinski definition) is 2. The van der Waals surface area contributed by atoms with E-state index in [0.717, 1.165) is 0 Å². The van der Waals surface area contributed by atoms with Gasteiger partial charge >= 0.3 is 0 Å². The second kappa shape index (κ2) is 6.92. The third-order valence-corrected chi connectivity index (χ3v) is 3.73. The number of carbonyl (C=O) groups is 1. The molecule has 1 aromatic rings. The van der Waals surface area contributed by atoms with Crippen LogP contribution in [0.1, 0.15) is 22.8 Å². The van der Waals surface area contributed by atoms with Crippen LogP contribution < -0.4 is 10.0 Å². The predicted octanol–water partition coefficient (Wildman–Crippen LogP) is 0.337. The molecule has 19 heavy (non-hydrogen) atoms. The maximum absolute atomic E-state index is 11.6. The standard InChI is InChI=1S/C13H16N2O3S/c1-3-19(17,18)15-10-6-8-11-7-4-5-9-12(11)13(16)14-2/h4-5,7,9,15H,3,10H2,1-2H3,(H,14,16). The molecule has 0 saturated carbocycles. The van der Waals surface area contributed by atoms with Gasteiger partial charge in [0.05, 0.1) is 17.9 Å². The summed E-state index contributed by atoms with van der Waals surface area (Å²) in [5.41, 5.74) is 1.04. The number of sulfonamides is 1. The maximum Gasteiger partial charge on any atom is 0.252 e. The number of benzene rings is 1. The highest BCUT2D eigenvalue weighted by Gasteiger charge is 2.06. The zero-order valence-corrected chi connectivity index (χ0v) is 11.7. The largest absolute Gasteiger partial charge is 0.355 e. The number of amides is 1. The van der Waals surface area contributed by atoms with Crippen molar-refractivity contribution in [3.8, 4) is 11.8 Å². The summed E-state index contributed by atoms with van der Waals surface area (Å²) in [6.45, 7) is 1.58. The Labute approximate surface area is 113 Å².